The van der Waals surface area contributed by atoms with Crippen LogP contribution in [0, 0.1) is 5.82 Å². The zero-order valence-electron chi connectivity index (χ0n) is 13.8. The second-order valence-corrected chi connectivity index (χ2v) is 5.40. The Kier molecular flexibility index (Phi) is 4.74. The molecule has 0 saturated carbocycles. The van der Waals surface area contributed by atoms with Crippen molar-refractivity contribution in [2.24, 2.45) is 0 Å². The minimum atomic E-state index is -1.34. The molecule has 8 heteroatoms. The van der Waals surface area contributed by atoms with Crippen LogP contribution in [0.5, 0.6) is 0 Å². The van der Waals surface area contributed by atoms with E-state index in [1.54, 1.807) is 25.3 Å². The lowest BCUT2D eigenvalue weighted by molar-refractivity contribution is 0.0698. The fraction of sp³-hybridized carbons (Fsp3) is 0.111. The van der Waals surface area contributed by atoms with Crippen LogP contribution in [0.3, 0.4) is 0 Å². The standard InChI is InChI=1S/C18H15FN4O3/c1-2-23-17(24)16(21-13-7-4-8-20-10-13)14(18(25)26)15(22-23)11-5-3-6-12(19)9-11/h3-10,21H,2H2,1H3,(H,25,26). The number of carbonyl (C=O) groups is 1. The highest BCUT2D eigenvalue weighted by Crippen LogP contribution is 2.27. The first-order valence-corrected chi connectivity index (χ1v) is 7.82. The van der Waals surface area contributed by atoms with Crippen molar-refractivity contribution in [3.63, 3.8) is 0 Å². The molecular weight excluding hydrogens is 339 g/mol. The summed E-state index contributed by atoms with van der Waals surface area (Å²) in [5.41, 5.74) is -0.348. The molecule has 26 heavy (non-hydrogen) atoms. The van der Waals surface area contributed by atoms with E-state index in [2.05, 4.69) is 15.4 Å². The van der Waals surface area contributed by atoms with Gasteiger partial charge in [-0.1, -0.05) is 12.1 Å². The van der Waals surface area contributed by atoms with E-state index >= 15 is 0 Å². The van der Waals surface area contributed by atoms with Crippen molar-refractivity contribution in [2.75, 3.05) is 5.32 Å². The van der Waals surface area contributed by atoms with Crippen LogP contribution in [-0.2, 0) is 6.54 Å². The molecule has 2 N–H and O–H groups in total. The first kappa shape index (κ1) is 17.3. The Bertz CT molecular complexity index is 1020. The molecule has 0 aliphatic heterocycles. The number of aromatic carboxylic acids is 1. The zero-order valence-corrected chi connectivity index (χ0v) is 13.8. The first-order chi connectivity index (χ1) is 12.5. The highest BCUT2D eigenvalue weighted by molar-refractivity contribution is 6.01. The highest BCUT2D eigenvalue weighted by Gasteiger charge is 2.24. The Morgan fingerprint density at radius 1 is 1.31 bits per heavy atom. The molecule has 0 saturated heterocycles. The van der Waals surface area contributed by atoms with Gasteiger partial charge in [-0.25, -0.2) is 13.9 Å². The fourth-order valence-corrected chi connectivity index (χ4v) is 2.53. The van der Waals surface area contributed by atoms with Crippen LogP contribution in [-0.4, -0.2) is 25.8 Å². The maximum absolute atomic E-state index is 13.6. The van der Waals surface area contributed by atoms with Gasteiger partial charge in [0.05, 0.1) is 11.9 Å². The number of nitrogens with zero attached hydrogens (tertiary/aromatic N) is 3. The molecule has 0 unspecified atom stereocenters. The molecule has 0 bridgehead atoms. The molecule has 132 valence electrons. The molecule has 0 aliphatic rings. The van der Waals surface area contributed by atoms with Gasteiger partial charge in [-0.05, 0) is 31.2 Å². The number of benzene rings is 1. The van der Waals surface area contributed by atoms with Gasteiger partial charge in [0.1, 0.15) is 22.8 Å². The Morgan fingerprint density at radius 3 is 2.73 bits per heavy atom. The van der Waals surface area contributed by atoms with Crippen LogP contribution in [0.1, 0.15) is 17.3 Å². The van der Waals surface area contributed by atoms with Gasteiger partial charge in [0.15, 0.2) is 0 Å². The number of aryl methyl sites for hydroxylation is 1. The van der Waals surface area contributed by atoms with Crippen molar-refractivity contribution in [1.82, 2.24) is 14.8 Å². The summed E-state index contributed by atoms with van der Waals surface area (Å²) in [4.78, 5) is 28.5. The van der Waals surface area contributed by atoms with Gasteiger partial charge < -0.3 is 10.4 Å². The molecule has 3 rings (SSSR count). The van der Waals surface area contributed by atoms with Gasteiger partial charge in [0.25, 0.3) is 5.56 Å². The lowest BCUT2D eigenvalue weighted by Crippen LogP contribution is -2.28. The van der Waals surface area contributed by atoms with Crippen molar-refractivity contribution < 1.29 is 14.3 Å². The summed E-state index contributed by atoms with van der Waals surface area (Å²) in [5, 5.41) is 16.6. The van der Waals surface area contributed by atoms with Crippen LogP contribution in [0.2, 0.25) is 0 Å². The van der Waals surface area contributed by atoms with E-state index in [-0.39, 0.29) is 29.1 Å². The average molecular weight is 354 g/mol. The Morgan fingerprint density at radius 2 is 2.12 bits per heavy atom. The van der Waals surface area contributed by atoms with E-state index in [0.29, 0.717) is 5.69 Å². The Balaban J connectivity index is 2.29. The van der Waals surface area contributed by atoms with Gasteiger partial charge in [0, 0.05) is 18.3 Å². The van der Waals surface area contributed by atoms with Crippen molar-refractivity contribution in [2.45, 2.75) is 13.5 Å². The van der Waals surface area contributed by atoms with Crippen LogP contribution >= 0.6 is 0 Å². The monoisotopic (exact) mass is 354 g/mol. The number of hydrogen-bond acceptors (Lipinski definition) is 5. The van der Waals surface area contributed by atoms with E-state index in [1.807, 2.05) is 0 Å². The first-order valence-electron chi connectivity index (χ1n) is 7.82. The molecular formula is C18H15FN4O3. The molecule has 0 spiro atoms. The van der Waals surface area contributed by atoms with Crippen molar-refractivity contribution in [1.29, 1.82) is 0 Å². The maximum atomic E-state index is 13.6. The topological polar surface area (TPSA) is 97.1 Å². The smallest absolute Gasteiger partial charge is 0.340 e. The second kappa shape index (κ2) is 7.14. The summed E-state index contributed by atoms with van der Waals surface area (Å²) in [6.07, 6.45) is 3.02. The minimum absolute atomic E-state index is 0.00448. The Labute approximate surface area is 147 Å². The van der Waals surface area contributed by atoms with Gasteiger partial charge in [-0.3, -0.25) is 9.78 Å². The molecule has 0 amide bonds. The number of halogens is 1. The number of hydrogen-bond donors (Lipinski definition) is 2. The Hall–Kier alpha value is -3.55. The number of pyridine rings is 1. The predicted octanol–water partition coefficient (Wildman–Crippen LogP) is 2.91. The van der Waals surface area contributed by atoms with E-state index in [0.717, 1.165) is 4.68 Å². The summed E-state index contributed by atoms with van der Waals surface area (Å²) in [5.74, 6) is -1.87. The lowest BCUT2D eigenvalue weighted by atomic mass is 10.0. The molecule has 0 fully saturated rings. The molecule has 0 atom stereocenters. The molecule has 7 nitrogen and oxygen atoms in total. The highest BCUT2D eigenvalue weighted by atomic mass is 19.1. The summed E-state index contributed by atoms with van der Waals surface area (Å²) in [7, 11) is 0. The molecule has 0 aliphatic carbocycles. The number of rotatable bonds is 5. The van der Waals surface area contributed by atoms with Gasteiger partial charge in [0.2, 0.25) is 0 Å². The number of carboxylic acids is 1. The van der Waals surface area contributed by atoms with Crippen LogP contribution < -0.4 is 10.9 Å². The second-order valence-electron chi connectivity index (χ2n) is 5.40. The number of aromatic nitrogens is 3. The molecule has 3 aromatic rings. The number of nitrogens with one attached hydrogen (secondary N) is 1. The van der Waals surface area contributed by atoms with E-state index in [1.165, 1.54) is 30.5 Å². The molecule has 0 radical (unpaired) electrons. The average Bonchev–Trinajstić information content (AvgIpc) is 2.63. The molecule has 1 aromatic carbocycles. The van der Waals surface area contributed by atoms with Gasteiger partial charge in [-0.15, -0.1) is 0 Å². The zero-order chi connectivity index (χ0) is 18.7. The number of carboxylic acid groups (broad SMARTS) is 1. The van der Waals surface area contributed by atoms with E-state index in [4.69, 9.17) is 0 Å². The molecule has 2 heterocycles. The van der Waals surface area contributed by atoms with Gasteiger partial charge >= 0.3 is 5.97 Å². The third-order valence-electron chi connectivity index (χ3n) is 3.70. The van der Waals surface area contributed by atoms with Crippen molar-refractivity contribution in [3.05, 3.63) is 70.5 Å². The summed E-state index contributed by atoms with van der Waals surface area (Å²) in [6, 6.07) is 8.71. The molecule has 2 aromatic heterocycles. The third-order valence-corrected chi connectivity index (χ3v) is 3.70. The quantitative estimate of drug-likeness (QED) is 0.731. The summed E-state index contributed by atoms with van der Waals surface area (Å²) in [6.45, 7) is 1.93. The summed E-state index contributed by atoms with van der Waals surface area (Å²) >= 11 is 0. The van der Waals surface area contributed by atoms with Crippen LogP contribution in [0.25, 0.3) is 11.3 Å². The van der Waals surface area contributed by atoms with Gasteiger partial charge in [-0.2, -0.15) is 5.10 Å². The SMILES string of the molecule is CCn1nc(-c2cccc(F)c2)c(C(=O)O)c(Nc2cccnc2)c1=O. The van der Waals surface area contributed by atoms with Crippen molar-refractivity contribution >= 4 is 17.3 Å². The fourth-order valence-electron chi connectivity index (χ4n) is 2.53. The van der Waals surface area contributed by atoms with E-state index in [9.17, 15) is 19.1 Å². The lowest BCUT2D eigenvalue weighted by Gasteiger charge is -2.15. The van der Waals surface area contributed by atoms with Crippen molar-refractivity contribution in [3.8, 4) is 11.3 Å². The van der Waals surface area contributed by atoms with Crippen LogP contribution in [0.4, 0.5) is 15.8 Å². The largest absolute Gasteiger partial charge is 0.478 e. The minimum Gasteiger partial charge on any atom is -0.478 e. The normalized spacial score (nSPS) is 10.5. The summed E-state index contributed by atoms with van der Waals surface area (Å²) < 4.78 is 14.8. The number of anilines is 2. The third kappa shape index (κ3) is 3.30. The van der Waals surface area contributed by atoms with E-state index < -0.39 is 17.3 Å². The predicted molar refractivity (Wildman–Crippen MR) is 94.0 cm³/mol. The van der Waals surface area contributed by atoms with Crippen LogP contribution in [0.15, 0.2) is 53.6 Å². The maximum Gasteiger partial charge on any atom is 0.340 e.